The summed E-state index contributed by atoms with van der Waals surface area (Å²) in [5.41, 5.74) is -0.780. The van der Waals surface area contributed by atoms with E-state index in [0.29, 0.717) is 18.5 Å². The highest BCUT2D eigenvalue weighted by Crippen LogP contribution is 2.25. The van der Waals surface area contributed by atoms with Crippen molar-refractivity contribution in [3.8, 4) is 0 Å². The van der Waals surface area contributed by atoms with Gasteiger partial charge in [0.25, 0.3) is 0 Å². The maximum atomic E-state index is 11.6. The van der Waals surface area contributed by atoms with Crippen molar-refractivity contribution in [1.82, 2.24) is 15.1 Å². The zero-order valence-corrected chi connectivity index (χ0v) is 13.8. The van der Waals surface area contributed by atoms with Crippen molar-refractivity contribution in [2.45, 2.75) is 63.6 Å². The first-order valence-corrected chi connectivity index (χ1v) is 8.38. The Labute approximate surface area is 128 Å². The molecule has 0 bridgehead atoms. The Kier molecular flexibility index (Phi) is 5.63. The van der Waals surface area contributed by atoms with Crippen molar-refractivity contribution in [3.63, 3.8) is 0 Å². The Morgan fingerprint density at radius 3 is 2.67 bits per heavy atom. The van der Waals surface area contributed by atoms with Gasteiger partial charge < -0.3 is 10.0 Å². The van der Waals surface area contributed by atoms with E-state index in [2.05, 4.69) is 29.1 Å². The molecule has 1 aliphatic heterocycles. The summed E-state index contributed by atoms with van der Waals surface area (Å²) >= 11 is 0. The fraction of sp³-hybridized carbons (Fsp3) is 0.938. The van der Waals surface area contributed by atoms with Gasteiger partial charge in [-0.15, -0.1) is 0 Å². The molecule has 2 atom stereocenters. The number of carboxylic acid groups (broad SMARTS) is 1. The number of nitrogens with zero attached hydrogens (tertiary/aromatic N) is 2. The van der Waals surface area contributed by atoms with Crippen LogP contribution in [0.4, 0.5) is 0 Å². The Balaban J connectivity index is 1.92. The molecule has 2 aliphatic rings. The number of rotatable bonds is 7. The van der Waals surface area contributed by atoms with Crippen LogP contribution in [-0.2, 0) is 4.79 Å². The normalized spacial score (nSPS) is 28.0. The van der Waals surface area contributed by atoms with Crippen molar-refractivity contribution in [1.29, 1.82) is 0 Å². The van der Waals surface area contributed by atoms with Crippen LogP contribution in [0.1, 0.15) is 46.0 Å². The number of aliphatic carboxylic acids is 1. The van der Waals surface area contributed by atoms with Gasteiger partial charge in [-0.25, -0.2) is 0 Å². The summed E-state index contributed by atoms with van der Waals surface area (Å²) in [6.07, 6.45) is 5.22. The Hall–Kier alpha value is -0.650. The van der Waals surface area contributed by atoms with Crippen LogP contribution in [0.3, 0.4) is 0 Å². The number of nitrogens with one attached hydrogen (secondary N) is 1. The summed E-state index contributed by atoms with van der Waals surface area (Å²) in [6.45, 7) is 8.27. The third kappa shape index (κ3) is 4.66. The molecule has 0 spiro atoms. The average Bonchev–Trinajstić information content (AvgIpc) is 3.24. The lowest BCUT2D eigenvalue weighted by Gasteiger charge is -2.34. The second kappa shape index (κ2) is 7.07. The SMILES string of the molecule is CCC1CN(C)CCCN1CCC(C)(NC1CC1)C(=O)O. The second-order valence-electron chi connectivity index (χ2n) is 7.02. The van der Waals surface area contributed by atoms with Crippen LogP contribution in [0, 0.1) is 0 Å². The van der Waals surface area contributed by atoms with Gasteiger partial charge in [0.15, 0.2) is 0 Å². The number of likely N-dealkylation sites (N-methyl/N-ethyl adjacent to an activating group) is 1. The van der Waals surface area contributed by atoms with Crippen molar-refractivity contribution >= 4 is 5.97 Å². The van der Waals surface area contributed by atoms with Crippen LogP contribution in [0.25, 0.3) is 0 Å². The molecule has 1 aliphatic carbocycles. The van der Waals surface area contributed by atoms with Gasteiger partial charge >= 0.3 is 5.97 Å². The molecule has 1 saturated heterocycles. The van der Waals surface area contributed by atoms with Gasteiger partial charge in [0.2, 0.25) is 0 Å². The summed E-state index contributed by atoms with van der Waals surface area (Å²) in [6, 6.07) is 0.972. The molecule has 0 aromatic rings. The summed E-state index contributed by atoms with van der Waals surface area (Å²) < 4.78 is 0. The third-order valence-corrected chi connectivity index (χ3v) is 4.97. The van der Waals surface area contributed by atoms with Crippen LogP contribution in [0.5, 0.6) is 0 Å². The van der Waals surface area contributed by atoms with Crippen molar-refractivity contribution < 1.29 is 9.90 Å². The summed E-state index contributed by atoms with van der Waals surface area (Å²) in [7, 11) is 2.18. The molecule has 5 nitrogen and oxygen atoms in total. The third-order valence-electron chi connectivity index (χ3n) is 4.97. The number of hydrogen-bond acceptors (Lipinski definition) is 4. The molecule has 0 amide bonds. The Morgan fingerprint density at radius 1 is 1.38 bits per heavy atom. The molecule has 2 N–H and O–H groups in total. The molecule has 0 aromatic carbocycles. The molecule has 2 unspecified atom stereocenters. The van der Waals surface area contributed by atoms with Gasteiger partial charge in [-0.3, -0.25) is 15.0 Å². The molecule has 122 valence electrons. The van der Waals surface area contributed by atoms with E-state index in [1.54, 1.807) is 0 Å². The zero-order valence-electron chi connectivity index (χ0n) is 13.8. The van der Waals surface area contributed by atoms with Crippen LogP contribution >= 0.6 is 0 Å². The van der Waals surface area contributed by atoms with Gasteiger partial charge in [-0.2, -0.15) is 0 Å². The maximum absolute atomic E-state index is 11.6. The minimum Gasteiger partial charge on any atom is -0.480 e. The minimum atomic E-state index is -0.780. The lowest BCUT2D eigenvalue weighted by Crippen LogP contribution is -2.53. The van der Waals surface area contributed by atoms with E-state index in [-0.39, 0.29) is 0 Å². The highest BCUT2D eigenvalue weighted by Gasteiger charge is 2.39. The topological polar surface area (TPSA) is 55.8 Å². The smallest absolute Gasteiger partial charge is 0.323 e. The molecular formula is C16H31N3O2. The lowest BCUT2D eigenvalue weighted by atomic mass is 9.96. The van der Waals surface area contributed by atoms with Gasteiger partial charge in [-0.05, 0) is 59.2 Å². The van der Waals surface area contributed by atoms with Crippen LogP contribution < -0.4 is 5.32 Å². The van der Waals surface area contributed by atoms with E-state index in [0.717, 1.165) is 45.4 Å². The molecule has 0 radical (unpaired) electrons. The monoisotopic (exact) mass is 297 g/mol. The van der Waals surface area contributed by atoms with Gasteiger partial charge in [-0.1, -0.05) is 6.92 Å². The lowest BCUT2D eigenvalue weighted by molar-refractivity contribution is -0.144. The summed E-state index contributed by atoms with van der Waals surface area (Å²) in [5, 5.41) is 12.9. The maximum Gasteiger partial charge on any atom is 0.323 e. The van der Waals surface area contributed by atoms with Crippen molar-refractivity contribution in [3.05, 3.63) is 0 Å². The fourth-order valence-corrected chi connectivity index (χ4v) is 3.26. The first-order valence-electron chi connectivity index (χ1n) is 8.38. The molecule has 0 aromatic heterocycles. The highest BCUT2D eigenvalue weighted by atomic mass is 16.4. The van der Waals surface area contributed by atoms with Crippen molar-refractivity contribution in [2.75, 3.05) is 33.2 Å². The van der Waals surface area contributed by atoms with Crippen LogP contribution in [-0.4, -0.2) is 71.7 Å². The zero-order chi connectivity index (χ0) is 15.5. The second-order valence-corrected chi connectivity index (χ2v) is 7.02. The molecule has 5 heteroatoms. The molecule has 21 heavy (non-hydrogen) atoms. The van der Waals surface area contributed by atoms with E-state index in [1.165, 1.54) is 6.42 Å². The predicted octanol–water partition coefficient (Wildman–Crippen LogP) is 1.39. The van der Waals surface area contributed by atoms with Crippen LogP contribution in [0.2, 0.25) is 0 Å². The summed E-state index contributed by atoms with van der Waals surface area (Å²) in [4.78, 5) is 16.5. The number of carboxylic acids is 1. The van der Waals surface area contributed by atoms with Crippen LogP contribution in [0.15, 0.2) is 0 Å². The standard InChI is InChI=1S/C16H31N3O2/c1-4-14-12-18(3)9-5-10-19(14)11-8-16(2,15(20)21)17-13-6-7-13/h13-14,17H,4-12H2,1-3H3,(H,20,21). The van der Waals surface area contributed by atoms with E-state index < -0.39 is 11.5 Å². The molecular weight excluding hydrogens is 266 g/mol. The van der Waals surface area contributed by atoms with Gasteiger partial charge in [0.1, 0.15) is 5.54 Å². The van der Waals surface area contributed by atoms with Crippen molar-refractivity contribution in [2.24, 2.45) is 0 Å². The largest absolute Gasteiger partial charge is 0.480 e. The molecule has 2 rings (SSSR count). The van der Waals surface area contributed by atoms with Gasteiger partial charge in [0.05, 0.1) is 0 Å². The highest BCUT2D eigenvalue weighted by molar-refractivity contribution is 5.78. The molecule has 2 fully saturated rings. The van der Waals surface area contributed by atoms with E-state index in [4.69, 9.17) is 0 Å². The average molecular weight is 297 g/mol. The summed E-state index contributed by atoms with van der Waals surface area (Å²) in [5.74, 6) is -0.714. The van der Waals surface area contributed by atoms with Gasteiger partial charge in [0, 0.05) is 25.2 Å². The Morgan fingerprint density at radius 2 is 2.10 bits per heavy atom. The van der Waals surface area contributed by atoms with E-state index in [1.807, 2.05) is 6.92 Å². The predicted molar refractivity (Wildman–Crippen MR) is 84.6 cm³/mol. The molecule has 1 heterocycles. The number of carbonyl (C=O) groups is 1. The van der Waals surface area contributed by atoms with E-state index in [9.17, 15) is 9.90 Å². The Bertz CT molecular complexity index is 359. The fourth-order valence-electron chi connectivity index (χ4n) is 3.26. The first-order chi connectivity index (χ1) is 9.94. The minimum absolute atomic E-state index is 0.420. The van der Waals surface area contributed by atoms with E-state index >= 15 is 0 Å². The number of hydrogen-bond donors (Lipinski definition) is 2. The molecule has 1 saturated carbocycles. The first kappa shape index (κ1) is 16.7. The quantitative estimate of drug-likeness (QED) is 0.744.